The first-order chi connectivity index (χ1) is 9.54. The first-order valence-corrected chi connectivity index (χ1v) is 6.84. The van der Waals surface area contributed by atoms with Crippen LogP contribution in [0, 0.1) is 12.0 Å². The van der Waals surface area contributed by atoms with Crippen LogP contribution >= 0.6 is 11.6 Å². The maximum absolute atomic E-state index is 12.0. The fourth-order valence-electron chi connectivity index (χ4n) is 2.11. The Hall–Kier alpha value is -0.636. The quantitative estimate of drug-likeness (QED) is 0.591. The van der Waals surface area contributed by atoms with E-state index in [4.69, 9.17) is 16.3 Å². The molecule has 1 unspecified atom stereocenters. The van der Waals surface area contributed by atoms with Crippen LogP contribution in [0.5, 0.6) is 5.75 Å². The van der Waals surface area contributed by atoms with Gasteiger partial charge in [-0.3, -0.25) is 4.79 Å². The summed E-state index contributed by atoms with van der Waals surface area (Å²) >= 11 is 6.29. The van der Waals surface area contributed by atoms with Gasteiger partial charge in [0.2, 0.25) is 5.91 Å². The molecule has 1 radical (unpaired) electrons. The molecule has 21 heavy (non-hydrogen) atoms. The average molecular weight is 380 g/mol. The number of hydrogen-bond donors (Lipinski definition) is 0. The first-order valence-electron chi connectivity index (χ1n) is 6.46. The molecule has 1 aromatic rings. The monoisotopic (exact) mass is 379 g/mol. The van der Waals surface area contributed by atoms with Gasteiger partial charge in [-0.1, -0.05) is 26.0 Å². The summed E-state index contributed by atoms with van der Waals surface area (Å²) in [6.07, 6.45) is 5.54. The Morgan fingerprint density at radius 1 is 1.57 bits per heavy atom. The molecule has 1 atom stereocenters. The molecule has 0 aromatic heterocycles. The number of allylic oxidation sites excluding steroid dienone is 1. The Kier molecular flexibility index (Phi) is 7.12. The van der Waals surface area contributed by atoms with E-state index >= 15 is 0 Å². The molecule has 0 saturated carbocycles. The summed E-state index contributed by atoms with van der Waals surface area (Å²) in [5.41, 5.74) is 1.52. The largest absolute Gasteiger partial charge is 0.490 e. The number of carbonyl (C=O) groups is 1. The molecular formula is C16H17ClNO2Y-. The predicted octanol–water partition coefficient (Wildman–Crippen LogP) is 3.54. The Morgan fingerprint density at radius 2 is 2.29 bits per heavy atom. The zero-order valence-corrected chi connectivity index (χ0v) is 15.8. The zero-order chi connectivity index (χ0) is 14.7. The number of hydrogen-bond acceptors (Lipinski definition) is 2. The third kappa shape index (κ3) is 4.18. The van der Waals surface area contributed by atoms with Gasteiger partial charge in [0, 0.05) is 45.7 Å². The van der Waals surface area contributed by atoms with Crippen molar-refractivity contribution in [2.45, 2.75) is 13.3 Å². The number of ether oxygens (including phenoxy) is 1. The number of nitrogens with zero attached hydrogens (tertiary/aromatic N) is 1. The molecule has 1 aromatic carbocycles. The number of amides is 1. The number of carbonyl (C=O) groups excluding carboxylic acids is 1. The molecule has 1 heterocycles. The summed E-state index contributed by atoms with van der Waals surface area (Å²) in [6.45, 7) is 5.93. The summed E-state index contributed by atoms with van der Waals surface area (Å²) in [5, 5.41) is 0.545. The van der Waals surface area contributed by atoms with Gasteiger partial charge in [0.05, 0.1) is 0 Å². The minimum atomic E-state index is -0.0299. The van der Waals surface area contributed by atoms with Crippen LogP contribution in [0.25, 0.3) is 5.70 Å². The average Bonchev–Trinajstić information content (AvgIpc) is 2.44. The predicted molar refractivity (Wildman–Crippen MR) is 80.3 cm³/mol. The van der Waals surface area contributed by atoms with Crippen molar-refractivity contribution in [1.29, 1.82) is 0 Å². The van der Waals surface area contributed by atoms with Crippen molar-refractivity contribution < 1.29 is 42.2 Å². The van der Waals surface area contributed by atoms with Gasteiger partial charge in [0.1, 0.15) is 12.4 Å². The molecule has 0 N–H and O–H groups in total. The van der Waals surface area contributed by atoms with E-state index in [1.54, 1.807) is 24.1 Å². The van der Waals surface area contributed by atoms with E-state index < -0.39 is 0 Å². The summed E-state index contributed by atoms with van der Waals surface area (Å²) < 4.78 is 5.43. The topological polar surface area (TPSA) is 29.5 Å². The molecule has 109 valence electrons. The fraction of sp³-hybridized carbons (Fsp3) is 0.312. The third-order valence-electron chi connectivity index (χ3n) is 3.23. The summed E-state index contributed by atoms with van der Waals surface area (Å²) in [5.74, 6) is 0.733. The van der Waals surface area contributed by atoms with Crippen LogP contribution in [0.4, 0.5) is 0 Å². The smallest absolute Gasteiger partial charge is 0.225 e. The van der Waals surface area contributed by atoms with Crippen LogP contribution < -0.4 is 4.74 Å². The molecule has 0 aliphatic carbocycles. The molecule has 0 fully saturated rings. The summed E-state index contributed by atoms with van der Waals surface area (Å²) in [7, 11) is 1.75. The van der Waals surface area contributed by atoms with Crippen LogP contribution in [0.3, 0.4) is 0 Å². The van der Waals surface area contributed by atoms with E-state index in [1.807, 2.05) is 19.1 Å². The van der Waals surface area contributed by atoms with Crippen molar-refractivity contribution in [2.75, 3.05) is 13.7 Å². The number of benzene rings is 1. The van der Waals surface area contributed by atoms with Crippen LogP contribution in [0.2, 0.25) is 5.02 Å². The van der Waals surface area contributed by atoms with Crippen LogP contribution in [-0.2, 0) is 37.5 Å². The molecule has 0 saturated heterocycles. The van der Waals surface area contributed by atoms with Crippen molar-refractivity contribution in [1.82, 2.24) is 4.90 Å². The van der Waals surface area contributed by atoms with Gasteiger partial charge < -0.3 is 9.64 Å². The minimum absolute atomic E-state index is 0. The Balaban J connectivity index is 0.00000220. The van der Waals surface area contributed by atoms with Crippen LogP contribution in [0.15, 0.2) is 30.9 Å². The zero-order valence-electron chi connectivity index (χ0n) is 12.2. The van der Waals surface area contributed by atoms with Gasteiger partial charge in [-0.15, -0.1) is 28.9 Å². The minimum Gasteiger partial charge on any atom is -0.490 e. The molecule has 2 rings (SSSR count). The molecule has 5 heteroatoms. The first kappa shape index (κ1) is 18.4. The van der Waals surface area contributed by atoms with Crippen molar-refractivity contribution in [2.24, 2.45) is 5.92 Å². The second kappa shape index (κ2) is 8.12. The van der Waals surface area contributed by atoms with Gasteiger partial charge in [-0.05, 0) is 17.2 Å². The molecular weight excluding hydrogens is 363 g/mol. The number of halogens is 1. The summed E-state index contributed by atoms with van der Waals surface area (Å²) in [6, 6.07) is 5.42. The normalized spacial score (nSPS) is 17.9. The van der Waals surface area contributed by atoms with E-state index in [-0.39, 0.29) is 44.5 Å². The van der Waals surface area contributed by atoms with Crippen molar-refractivity contribution in [3.05, 3.63) is 47.5 Å². The van der Waals surface area contributed by atoms with Gasteiger partial charge in [0.15, 0.2) is 0 Å². The van der Waals surface area contributed by atoms with E-state index in [1.165, 1.54) is 0 Å². The van der Waals surface area contributed by atoms with Gasteiger partial charge in [-0.2, -0.15) is 0 Å². The van der Waals surface area contributed by atoms with Crippen molar-refractivity contribution >= 4 is 23.2 Å². The molecule has 0 bridgehead atoms. The molecule has 1 aliphatic rings. The Morgan fingerprint density at radius 3 is 2.90 bits per heavy atom. The van der Waals surface area contributed by atoms with Crippen molar-refractivity contribution in [3.8, 4) is 5.75 Å². The SMILES string of the molecule is C=CCOc1ccc(C2=[C-]CC(C)C(=O)N2C)c(Cl)c1.[Y]. The second-order valence-electron chi connectivity index (χ2n) is 4.77. The Labute approximate surface area is 155 Å². The molecule has 0 spiro atoms. The standard InChI is InChI=1S/C16H17ClNO2.Y/c1-4-9-20-12-6-7-13(14(17)10-12)15-8-5-11(2)16(19)18(15)3;/h4,6-7,10-11H,1,5,9H2,2-3H3;/q-1;. The summed E-state index contributed by atoms with van der Waals surface area (Å²) in [4.78, 5) is 13.6. The van der Waals surface area contributed by atoms with Crippen LogP contribution in [0.1, 0.15) is 18.9 Å². The molecule has 3 nitrogen and oxygen atoms in total. The fourth-order valence-corrected chi connectivity index (χ4v) is 2.37. The van der Waals surface area contributed by atoms with E-state index in [9.17, 15) is 4.79 Å². The van der Waals surface area contributed by atoms with Crippen molar-refractivity contribution in [3.63, 3.8) is 0 Å². The Bertz CT molecular complexity index is 571. The molecule has 1 amide bonds. The maximum atomic E-state index is 12.0. The van der Waals surface area contributed by atoms with Crippen LogP contribution in [-0.4, -0.2) is 24.5 Å². The van der Waals surface area contributed by atoms with Gasteiger partial charge >= 0.3 is 0 Å². The number of rotatable bonds is 4. The van der Waals surface area contributed by atoms with Gasteiger partial charge in [-0.25, -0.2) is 6.08 Å². The van der Waals surface area contributed by atoms with E-state index in [0.717, 1.165) is 11.3 Å². The van der Waals surface area contributed by atoms with Gasteiger partial charge in [0.25, 0.3) is 0 Å². The third-order valence-corrected chi connectivity index (χ3v) is 3.54. The second-order valence-corrected chi connectivity index (χ2v) is 5.18. The van der Waals surface area contributed by atoms with E-state index in [0.29, 0.717) is 23.8 Å². The maximum Gasteiger partial charge on any atom is 0.225 e. The van der Waals surface area contributed by atoms with E-state index in [2.05, 4.69) is 12.7 Å². The molecule has 1 aliphatic heterocycles.